The fraction of sp³-hybridized carbons (Fsp3) is 0.412. The summed E-state index contributed by atoms with van der Waals surface area (Å²) in [6, 6.07) is 7.12. The van der Waals surface area contributed by atoms with Crippen LogP contribution < -0.4 is 11.0 Å². The van der Waals surface area contributed by atoms with Crippen molar-refractivity contribution < 1.29 is 9.59 Å². The fourth-order valence-corrected chi connectivity index (χ4v) is 2.84. The Morgan fingerprint density at radius 1 is 1.17 bits per heavy atom. The van der Waals surface area contributed by atoms with Crippen LogP contribution in [-0.2, 0) is 16.6 Å². The second-order valence-corrected chi connectivity index (χ2v) is 6.35. The molecule has 1 aromatic heterocycles. The monoisotopic (exact) mass is 328 g/mol. The minimum atomic E-state index is -0.745. The van der Waals surface area contributed by atoms with E-state index in [9.17, 15) is 14.4 Å². The predicted molar refractivity (Wildman–Crippen MR) is 88.4 cm³/mol. The molecule has 2 amide bonds. The van der Waals surface area contributed by atoms with Gasteiger partial charge in [-0.3, -0.25) is 19.5 Å². The van der Waals surface area contributed by atoms with Gasteiger partial charge in [0.15, 0.2) is 5.82 Å². The molecule has 1 aliphatic rings. The van der Waals surface area contributed by atoms with Crippen LogP contribution in [0.3, 0.4) is 0 Å². The number of nitrogens with zero attached hydrogens (tertiary/aromatic N) is 3. The summed E-state index contributed by atoms with van der Waals surface area (Å²) in [6.07, 6.45) is 0.491. The minimum absolute atomic E-state index is 0.206. The van der Waals surface area contributed by atoms with Crippen LogP contribution in [0.1, 0.15) is 44.2 Å². The van der Waals surface area contributed by atoms with Crippen molar-refractivity contribution in [1.29, 1.82) is 0 Å². The van der Waals surface area contributed by atoms with Gasteiger partial charge in [-0.1, -0.05) is 38.1 Å². The number of benzene rings is 1. The average molecular weight is 328 g/mol. The van der Waals surface area contributed by atoms with E-state index in [1.54, 1.807) is 7.05 Å². The Kier molecular flexibility index (Phi) is 4.09. The summed E-state index contributed by atoms with van der Waals surface area (Å²) in [5, 5.41) is 6.60. The summed E-state index contributed by atoms with van der Waals surface area (Å²) in [6.45, 7) is 4.23. The lowest BCUT2D eigenvalue weighted by Gasteiger charge is -2.19. The molecule has 0 radical (unpaired) electrons. The molecule has 7 nitrogen and oxygen atoms in total. The number of piperidine rings is 1. The smallest absolute Gasteiger partial charge is 0.295 e. The van der Waals surface area contributed by atoms with Crippen molar-refractivity contribution in [2.24, 2.45) is 7.05 Å². The predicted octanol–water partition coefficient (Wildman–Crippen LogP) is 1.35. The topological polar surface area (TPSA) is 86.0 Å². The number of hydrogen-bond donors (Lipinski definition) is 1. The van der Waals surface area contributed by atoms with Crippen molar-refractivity contribution in [2.75, 3.05) is 0 Å². The molecular weight excluding hydrogens is 308 g/mol. The van der Waals surface area contributed by atoms with E-state index in [0.29, 0.717) is 11.7 Å². The molecule has 1 N–H and O–H groups in total. The van der Waals surface area contributed by atoms with Gasteiger partial charge >= 0.3 is 5.69 Å². The third kappa shape index (κ3) is 2.77. The van der Waals surface area contributed by atoms with Crippen LogP contribution >= 0.6 is 0 Å². The third-order valence-corrected chi connectivity index (χ3v) is 4.34. The molecule has 1 fully saturated rings. The summed E-state index contributed by atoms with van der Waals surface area (Å²) in [4.78, 5) is 35.7. The highest BCUT2D eigenvalue weighted by Gasteiger charge is 2.31. The molecule has 2 aromatic rings. The van der Waals surface area contributed by atoms with Crippen LogP contribution in [-0.4, -0.2) is 26.2 Å². The van der Waals surface area contributed by atoms with E-state index < -0.39 is 11.9 Å². The van der Waals surface area contributed by atoms with Crippen LogP contribution in [0, 0.1) is 0 Å². The Morgan fingerprint density at radius 2 is 1.83 bits per heavy atom. The number of carbonyl (C=O) groups excluding carboxylic acids is 2. The van der Waals surface area contributed by atoms with Gasteiger partial charge in [-0.15, -0.1) is 5.10 Å². The number of aromatic nitrogens is 3. The zero-order chi connectivity index (χ0) is 17.4. The Balaban J connectivity index is 1.98. The zero-order valence-electron chi connectivity index (χ0n) is 13.9. The van der Waals surface area contributed by atoms with Crippen LogP contribution in [0.5, 0.6) is 0 Å². The van der Waals surface area contributed by atoms with E-state index in [-0.39, 0.29) is 24.4 Å². The lowest BCUT2D eigenvalue weighted by Crippen LogP contribution is -2.44. The molecule has 24 heavy (non-hydrogen) atoms. The zero-order valence-corrected chi connectivity index (χ0v) is 13.9. The highest BCUT2D eigenvalue weighted by molar-refractivity contribution is 5.99. The fourth-order valence-electron chi connectivity index (χ4n) is 2.84. The number of nitrogens with one attached hydrogen (secondary N) is 1. The van der Waals surface area contributed by atoms with Gasteiger partial charge in [-0.05, 0) is 17.9 Å². The number of carbonyl (C=O) groups is 2. The van der Waals surface area contributed by atoms with E-state index in [4.69, 9.17) is 0 Å². The molecule has 0 saturated carbocycles. The molecule has 1 atom stereocenters. The molecule has 2 heterocycles. The maximum atomic E-state index is 12.5. The summed E-state index contributed by atoms with van der Waals surface area (Å²) in [5.41, 5.74) is 1.64. The van der Waals surface area contributed by atoms with Gasteiger partial charge in [0.2, 0.25) is 5.91 Å². The van der Waals surface area contributed by atoms with Crippen LogP contribution in [0.15, 0.2) is 29.1 Å². The van der Waals surface area contributed by atoms with Gasteiger partial charge in [-0.2, -0.15) is 0 Å². The van der Waals surface area contributed by atoms with E-state index in [1.165, 1.54) is 14.8 Å². The molecule has 1 aliphatic heterocycles. The van der Waals surface area contributed by atoms with E-state index >= 15 is 0 Å². The van der Waals surface area contributed by atoms with Crippen molar-refractivity contribution in [3.05, 3.63) is 40.3 Å². The first kappa shape index (κ1) is 16.2. The molecule has 0 spiro atoms. The Bertz CT molecular complexity index is 846. The summed E-state index contributed by atoms with van der Waals surface area (Å²) in [5.74, 6) is 0.127. The van der Waals surface area contributed by atoms with Gasteiger partial charge < -0.3 is 0 Å². The van der Waals surface area contributed by atoms with Crippen molar-refractivity contribution >= 4 is 11.8 Å². The third-order valence-electron chi connectivity index (χ3n) is 4.34. The first-order chi connectivity index (χ1) is 11.4. The minimum Gasteiger partial charge on any atom is -0.295 e. The number of imide groups is 1. The van der Waals surface area contributed by atoms with Crippen LogP contribution in [0.25, 0.3) is 11.4 Å². The van der Waals surface area contributed by atoms with Gasteiger partial charge in [0, 0.05) is 19.0 Å². The molecule has 0 aliphatic carbocycles. The van der Waals surface area contributed by atoms with Gasteiger partial charge in [0.1, 0.15) is 6.04 Å². The standard InChI is InChI=1S/C17H20N4O3/c1-10(2)11-4-6-12(7-5-11)15-19-21(17(24)20(15)3)13-8-9-14(22)18-16(13)23/h4-7,10,13H,8-9H2,1-3H3,(H,18,22,23). The lowest BCUT2D eigenvalue weighted by molar-refractivity contribution is -0.136. The number of hydrogen-bond acceptors (Lipinski definition) is 4. The summed E-state index contributed by atoms with van der Waals surface area (Å²) >= 11 is 0. The highest BCUT2D eigenvalue weighted by atomic mass is 16.2. The molecule has 0 bridgehead atoms. The largest absolute Gasteiger partial charge is 0.346 e. The Labute approximate surface area is 139 Å². The van der Waals surface area contributed by atoms with Gasteiger partial charge in [0.05, 0.1) is 0 Å². The summed E-state index contributed by atoms with van der Waals surface area (Å²) in [7, 11) is 1.63. The maximum Gasteiger partial charge on any atom is 0.346 e. The second-order valence-electron chi connectivity index (χ2n) is 6.35. The van der Waals surface area contributed by atoms with E-state index in [1.807, 2.05) is 24.3 Å². The maximum absolute atomic E-state index is 12.5. The van der Waals surface area contributed by atoms with E-state index in [2.05, 4.69) is 24.3 Å². The molecule has 1 unspecified atom stereocenters. The summed E-state index contributed by atoms with van der Waals surface area (Å²) < 4.78 is 2.60. The molecule has 1 aromatic carbocycles. The van der Waals surface area contributed by atoms with Crippen LogP contribution in [0.2, 0.25) is 0 Å². The van der Waals surface area contributed by atoms with Crippen molar-refractivity contribution in [3.8, 4) is 11.4 Å². The first-order valence-electron chi connectivity index (χ1n) is 7.98. The Morgan fingerprint density at radius 3 is 2.42 bits per heavy atom. The Hall–Kier alpha value is -2.70. The van der Waals surface area contributed by atoms with Crippen molar-refractivity contribution in [3.63, 3.8) is 0 Å². The number of rotatable bonds is 3. The second kappa shape index (κ2) is 6.07. The van der Waals surface area contributed by atoms with Crippen molar-refractivity contribution in [2.45, 2.75) is 38.6 Å². The van der Waals surface area contributed by atoms with Gasteiger partial charge in [-0.25, -0.2) is 9.48 Å². The SMILES string of the molecule is CC(C)c1ccc(-c2nn(C3CCC(=O)NC3=O)c(=O)n2C)cc1. The first-order valence-corrected chi connectivity index (χ1v) is 7.98. The lowest BCUT2D eigenvalue weighted by atomic mass is 10.0. The highest BCUT2D eigenvalue weighted by Crippen LogP contribution is 2.22. The molecule has 126 valence electrons. The van der Waals surface area contributed by atoms with Crippen molar-refractivity contribution in [1.82, 2.24) is 19.7 Å². The number of amides is 2. The normalized spacial score (nSPS) is 18.1. The molecule has 3 rings (SSSR count). The molecular formula is C17H20N4O3. The quantitative estimate of drug-likeness (QED) is 0.862. The molecule has 7 heteroatoms. The van der Waals surface area contributed by atoms with Crippen LogP contribution in [0.4, 0.5) is 0 Å². The molecule has 1 saturated heterocycles. The average Bonchev–Trinajstić information content (AvgIpc) is 2.84. The van der Waals surface area contributed by atoms with Gasteiger partial charge in [0.25, 0.3) is 5.91 Å². The van der Waals surface area contributed by atoms with E-state index in [0.717, 1.165) is 5.56 Å².